The number of aromatic nitrogens is 3. The number of nitrogens with zero attached hydrogens (tertiary/aromatic N) is 3. The van der Waals surface area contributed by atoms with Crippen LogP contribution in [0, 0.1) is 5.82 Å². The summed E-state index contributed by atoms with van der Waals surface area (Å²) in [5, 5.41) is 3.04. The number of hydrogen-bond donors (Lipinski definition) is 2. The van der Waals surface area contributed by atoms with Crippen LogP contribution in [0.1, 0.15) is 37.1 Å². The summed E-state index contributed by atoms with van der Waals surface area (Å²) in [6, 6.07) is 13.3. The number of carbonyl (C=O) groups is 1. The molecule has 0 bridgehead atoms. The number of anilines is 3. The maximum atomic E-state index is 13.4. The lowest BCUT2D eigenvalue weighted by Crippen LogP contribution is -2.34. The summed E-state index contributed by atoms with van der Waals surface area (Å²) in [7, 11) is 1.56. The normalized spacial score (nSPS) is 14.7. The van der Waals surface area contributed by atoms with Crippen LogP contribution in [0.25, 0.3) is 0 Å². The first kappa shape index (κ1) is 21.5. The van der Waals surface area contributed by atoms with Gasteiger partial charge < -0.3 is 20.5 Å². The highest BCUT2D eigenvalue weighted by molar-refractivity contribution is 5.83. The molecule has 0 amide bonds. The van der Waals surface area contributed by atoms with E-state index >= 15 is 0 Å². The number of rotatable bonds is 7. The predicted molar refractivity (Wildman–Crippen MR) is 117 cm³/mol. The van der Waals surface area contributed by atoms with Gasteiger partial charge in [0.25, 0.3) is 0 Å². The number of benzene rings is 2. The van der Waals surface area contributed by atoms with Gasteiger partial charge in [0, 0.05) is 0 Å². The summed E-state index contributed by atoms with van der Waals surface area (Å²) >= 11 is 0. The Hall–Kier alpha value is -3.75. The lowest BCUT2D eigenvalue weighted by molar-refractivity contribution is -0.152. The number of halogens is 1. The third kappa shape index (κ3) is 4.46. The molecule has 8 nitrogen and oxygen atoms in total. The molecule has 4 rings (SSSR count). The molecular weight excluding hydrogens is 413 g/mol. The molecule has 1 saturated carbocycles. The highest BCUT2D eigenvalue weighted by atomic mass is 19.1. The van der Waals surface area contributed by atoms with Crippen molar-refractivity contribution in [3.8, 4) is 5.75 Å². The van der Waals surface area contributed by atoms with Crippen LogP contribution in [-0.4, -0.2) is 28.0 Å². The number of methoxy groups -OCH3 is 1. The molecule has 1 aromatic heterocycles. The van der Waals surface area contributed by atoms with Crippen molar-refractivity contribution in [2.45, 2.75) is 37.7 Å². The molecule has 32 heavy (non-hydrogen) atoms. The van der Waals surface area contributed by atoms with Crippen molar-refractivity contribution >= 4 is 23.6 Å². The van der Waals surface area contributed by atoms with E-state index in [2.05, 4.69) is 20.3 Å². The topological polar surface area (TPSA) is 112 Å². The number of para-hydroxylation sites is 2. The fourth-order valence-electron chi connectivity index (χ4n) is 4.05. The lowest BCUT2D eigenvalue weighted by Gasteiger charge is -2.27. The molecule has 2 aromatic carbocycles. The third-order valence-corrected chi connectivity index (χ3v) is 5.63. The van der Waals surface area contributed by atoms with Crippen molar-refractivity contribution in [2.75, 3.05) is 18.2 Å². The van der Waals surface area contributed by atoms with Gasteiger partial charge in [-0.15, -0.1) is 0 Å². The standard InChI is InChI=1S/C23H24FN5O3/c1-31-18-7-3-2-6-17(18)26-22-28-19(27-21(25)29-22)14-32-20(30)23(12-4-5-13-23)15-8-10-16(24)11-9-15/h2-3,6-11H,4-5,12-14H2,1H3,(H3,25,26,27,28,29). The van der Waals surface area contributed by atoms with Crippen LogP contribution in [0.15, 0.2) is 48.5 Å². The Bertz CT molecular complexity index is 1100. The zero-order valence-corrected chi connectivity index (χ0v) is 17.7. The largest absolute Gasteiger partial charge is 0.495 e. The number of carbonyl (C=O) groups excluding carboxylic acids is 1. The van der Waals surface area contributed by atoms with Gasteiger partial charge in [-0.3, -0.25) is 4.79 Å². The number of esters is 1. The van der Waals surface area contributed by atoms with E-state index in [1.807, 2.05) is 18.2 Å². The molecule has 0 saturated heterocycles. The smallest absolute Gasteiger partial charge is 0.317 e. The quantitative estimate of drug-likeness (QED) is 0.535. The molecule has 1 aliphatic carbocycles. The van der Waals surface area contributed by atoms with Crippen LogP contribution in [0.3, 0.4) is 0 Å². The second-order valence-electron chi connectivity index (χ2n) is 7.63. The lowest BCUT2D eigenvalue weighted by atomic mass is 9.79. The van der Waals surface area contributed by atoms with Crippen molar-refractivity contribution in [1.29, 1.82) is 0 Å². The van der Waals surface area contributed by atoms with Gasteiger partial charge in [0.15, 0.2) is 12.4 Å². The zero-order valence-electron chi connectivity index (χ0n) is 17.7. The molecule has 1 heterocycles. The average molecular weight is 437 g/mol. The van der Waals surface area contributed by atoms with Crippen LogP contribution >= 0.6 is 0 Å². The summed E-state index contributed by atoms with van der Waals surface area (Å²) in [4.78, 5) is 25.6. The SMILES string of the molecule is COc1ccccc1Nc1nc(N)nc(COC(=O)C2(c3ccc(F)cc3)CCCC2)n1. The summed E-state index contributed by atoms with van der Waals surface area (Å²) in [6.45, 7) is -0.158. The minimum absolute atomic E-state index is 0.00226. The van der Waals surface area contributed by atoms with Gasteiger partial charge in [0.2, 0.25) is 11.9 Å². The van der Waals surface area contributed by atoms with Gasteiger partial charge in [-0.05, 0) is 42.7 Å². The molecule has 9 heteroatoms. The second-order valence-corrected chi connectivity index (χ2v) is 7.63. The minimum atomic E-state index is -0.787. The van der Waals surface area contributed by atoms with Crippen LogP contribution in [0.5, 0.6) is 5.75 Å². The van der Waals surface area contributed by atoms with E-state index in [1.54, 1.807) is 25.3 Å². The number of nitrogens with two attached hydrogens (primary N) is 1. The Balaban J connectivity index is 1.50. The first-order chi connectivity index (χ1) is 15.5. The molecular formula is C23H24FN5O3. The Morgan fingerprint density at radius 2 is 1.81 bits per heavy atom. The van der Waals surface area contributed by atoms with Crippen molar-refractivity contribution in [3.63, 3.8) is 0 Å². The molecule has 1 fully saturated rings. The predicted octanol–water partition coefficient (Wildman–Crippen LogP) is 3.90. The van der Waals surface area contributed by atoms with Crippen LogP contribution in [0.2, 0.25) is 0 Å². The maximum Gasteiger partial charge on any atom is 0.317 e. The van der Waals surface area contributed by atoms with E-state index in [0.717, 1.165) is 18.4 Å². The summed E-state index contributed by atoms with van der Waals surface area (Å²) in [5.41, 5.74) is 6.46. The second kappa shape index (κ2) is 9.17. The molecule has 3 aromatic rings. The summed E-state index contributed by atoms with van der Waals surface area (Å²) < 4.78 is 24.3. The van der Waals surface area contributed by atoms with Crippen LogP contribution < -0.4 is 15.8 Å². The number of ether oxygens (including phenoxy) is 2. The van der Waals surface area contributed by atoms with Gasteiger partial charge in [0.05, 0.1) is 18.2 Å². The molecule has 0 aliphatic heterocycles. The van der Waals surface area contributed by atoms with Crippen molar-refractivity contribution in [1.82, 2.24) is 15.0 Å². The maximum absolute atomic E-state index is 13.4. The van der Waals surface area contributed by atoms with Gasteiger partial charge in [-0.1, -0.05) is 37.1 Å². The van der Waals surface area contributed by atoms with E-state index in [0.29, 0.717) is 24.3 Å². The highest BCUT2D eigenvalue weighted by Crippen LogP contribution is 2.42. The van der Waals surface area contributed by atoms with Crippen LogP contribution in [0.4, 0.5) is 22.0 Å². The van der Waals surface area contributed by atoms with E-state index in [-0.39, 0.29) is 36.1 Å². The van der Waals surface area contributed by atoms with Gasteiger partial charge >= 0.3 is 5.97 Å². The molecule has 0 radical (unpaired) electrons. The highest BCUT2D eigenvalue weighted by Gasteiger charge is 2.44. The van der Waals surface area contributed by atoms with Crippen LogP contribution in [-0.2, 0) is 21.6 Å². The van der Waals surface area contributed by atoms with Gasteiger partial charge in [-0.25, -0.2) is 4.39 Å². The Morgan fingerprint density at radius 3 is 2.53 bits per heavy atom. The molecule has 0 unspecified atom stereocenters. The van der Waals surface area contributed by atoms with Crippen molar-refractivity contribution < 1.29 is 18.7 Å². The monoisotopic (exact) mass is 437 g/mol. The Morgan fingerprint density at radius 1 is 1.09 bits per heavy atom. The number of hydrogen-bond acceptors (Lipinski definition) is 8. The Kier molecular flexibility index (Phi) is 6.16. The first-order valence-electron chi connectivity index (χ1n) is 10.3. The summed E-state index contributed by atoms with van der Waals surface area (Å²) in [5.74, 6) is 0.322. The number of nitrogen functional groups attached to an aromatic ring is 1. The van der Waals surface area contributed by atoms with Crippen molar-refractivity contribution in [3.05, 3.63) is 65.7 Å². The van der Waals surface area contributed by atoms with Gasteiger partial charge in [-0.2, -0.15) is 15.0 Å². The Labute approximate surface area is 185 Å². The van der Waals surface area contributed by atoms with E-state index in [4.69, 9.17) is 15.2 Å². The minimum Gasteiger partial charge on any atom is -0.495 e. The summed E-state index contributed by atoms with van der Waals surface area (Å²) in [6.07, 6.45) is 3.10. The van der Waals surface area contributed by atoms with E-state index in [1.165, 1.54) is 12.1 Å². The molecule has 0 atom stereocenters. The average Bonchev–Trinajstić information content (AvgIpc) is 3.29. The van der Waals surface area contributed by atoms with Gasteiger partial charge in [0.1, 0.15) is 11.6 Å². The fraction of sp³-hybridized carbons (Fsp3) is 0.304. The first-order valence-corrected chi connectivity index (χ1v) is 10.3. The van der Waals surface area contributed by atoms with E-state index < -0.39 is 5.41 Å². The molecule has 1 aliphatic rings. The fourth-order valence-corrected chi connectivity index (χ4v) is 4.05. The number of nitrogens with one attached hydrogen (secondary N) is 1. The third-order valence-electron chi connectivity index (χ3n) is 5.63. The van der Waals surface area contributed by atoms with E-state index in [9.17, 15) is 9.18 Å². The molecule has 166 valence electrons. The van der Waals surface area contributed by atoms with Crippen molar-refractivity contribution in [2.24, 2.45) is 0 Å². The molecule has 0 spiro atoms. The zero-order chi connectivity index (χ0) is 22.6. The molecule has 3 N–H and O–H groups in total.